The minimum absolute atomic E-state index is 0.0441. The van der Waals surface area contributed by atoms with Gasteiger partial charge in [-0.05, 0) is 0 Å². The average Bonchev–Trinajstić information content (AvgIpc) is 2.59. The van der Waals surface area contributed by atoms with Crippen LogP contribution in [-0.4, -0.2) is 38.2 Å². The van der Waals surface area contributed by atoms with Crippen LogP contribution >= 0.6 is 0 Å². The maximum atomic E-state index is 11.4. The van der Waals surface area contributed by atoms with Crippen molar-refractivity contribution < 1.29 is 14.6 Å². The van der Waals surface area contributed by atoms with Crippen LogP contribution < -0.4 is 4.46 Å². The van der Waals surface area contributed by atoms with Crippen molar-refractivity contribution >= 4 is 25.4 Å². The third kappa shape index (κ3) is 2.89. The number of hydrogen-bond donors (Lipinski definition) is 1. The Morgan fingerprint density at radius 3 is 2.71 bits per heavy atom. The summed E-state index contributed by atoms with van der Waals surface area (Å²) in [4.78, 5) is 11.4. The summed E-state index contributed by atoms with van der Waals surface area (Å²) in [5, 5.41) is 9.86. The standard InChI is InChI=1S/C13H16O3Se/c1-2-6-10-12(11(14)13(15)16-10)17-9-7-4-3-5-8-9/h3-5,7-8,10-12,14H,2,6H2,1H3/t10-,11-,12+/m1/s1. The molecule has 0 saturated carbocycles. The molecule has 1 aromatic carbocycles. The van der Waals surface area contributed by atoms with Crippen molar-refractivity contribution in [2.45, 2.75) is 36.8 Å². The molecular weight excluding hydrogens is 283 g/mol. The number of carbonyl (C=O) groups is 1. The number of hydrogen-bond acceptors (Lipinski definition) is 3. The molecule has 17 heavy (non-hydrogen) atoms. The Balaban J connectivity index is 2.09. The van der Waals surface area contributed by atoms with Gasteiger partial charge in [-0.25, -0.2) is 0 Å². The fraction of sp³-hybridized carbons (Fsp3) is 0.462. The van der Waals surface area contributed by atoms with E-state index in [1.165, 1.54) is 4.46 Å². The van der Waals surface area contributed by atoms with E-state index in [1.807, 2.05) is 30.3 Å². The van der Waals surface area contributed by atoms with E-state index in [-0.39, 0.29) is 25.9 Å². The average molecular weight is 299 g/mol. The van der Waals surface area contributed by atoms with Crippen LogP contribution in [-0.2, 0) is 9.53 Å². The molecule has 3 nitrogen and oxygen atoms in total. The molecule has 0 radical (unpaired) electrons. The summed E-state index contributed by atoms with van der Waals surface area (Å²) in [5.74, 6) is -0.453. The number of aliphatic hydroxyl groups excluding tert-OH is 1. The molecule has 0 aliphatic carbocycles. The molecule has 3 atom stereocenters. The third-order valence-corrected chi connectivity index (χ3v) is 5.67. The zero-order valence-corrected chi connectivity index (χ0v) is 11.4. The molecule has 0 aromatic heterocycles. The van der Waals surface area contributed by atoms with E-state index in [1.54, 1.807) is 0 Å². The van der Waals surface area contributed by atoms with Gasteiger partial charge >= 0.3 is 107 Å². The molecule has 1 aliphatic heterocycles. The second-order valence-corrected chi connectivity index (χ2v) is 6.73. The van der Waals surface area contributed by atoms with Crippen molar-refractivity contribution in [3.05, 3.63) is 30.3 Å². The van der Waals surface area contributed by atoms with E-state index in [0.29, 0.717) is 0 Å². The molecule has 0 bridgehead atoms. The van der Waals surface area contributed by atoms with Crippen LogP contribution in [0.2, 0.25) is 4.82 Å². The van der Waals surface area contributed by atoms with E-state index in [0.717, 1.165) is 12.8 Å². The molecule has 0 spiro atoms. The molecule has 0 amide bonds. The molecule has 4 heteroatoms. The Bertz CT molecular complexity index is 380. The molecule has 1 N–H and O–H groups in total. The van der Waals surface area contributed by atoms with Gasteiger partial charge in [-0.1, -0.05) is 0 Å². The number of benzene rings is 1. The van der Waals surface area contributed by atoms with Crippen molar-refractivity contribution in [3.8, 4) is 0 Å². The first-order chi connectivity index (χ1) is 8.22. The van der Waals surface area contributed by atoms with Gasteiger partial charge in [0.1, 0.15) is 0 Å². The van der Waals surface area contributed by atoms with Crippen LogP contribution in [0.5, 0.6) is 0 Å². The molecule has 1 saturated heterocycles. The Labute approximate surface area is 107 Å². The first-order valence-electron chi connectivity index (χ1n) is 5.82. The first-order valence-corrected chi connectivity index (χ1v) is 7.67. The van der Waals surface area contributed by atoms with E-state index >= 15 is 0 Å². The van der Waals surface area contributed by atoms with Crippen LogP contribution in [0.4, 0.5) is 0 Å². The van der Waals surface area contributed by atoms with Crippen LogP contribution in [0, 0.1) is 0 Å². The fourth-order valence-corrected chi connectivity index (χ4v) is 4.47. The molecule has 1 heterocycles. The van der Waals surface area contributed by atoms with Crippen molar-refractivity contribution in [1.82, 2.24) is 0 Å². The van der Waals surface area contributed by atoms with Gasteiger partial charge in [-0.3, -0.25) is 0 Å². The maximum absolute atomic E-state index is 11.4. The summed E-state index contributed by atoms with van der Waals surface area (Å²) in [6.45, 7) is 2.06. The van der Waals surface area contributed by atoms with E-state index < -0.39 is 12.1 Å². The van der Waals surface area contributed by atoms with Crippen molar-refractivity contribution in [2.24, 2.45) is 0 Å². The number of esters is 1. The quantitative estimate of drug-likeness (QED) is 0.663. The fourth-order valence-electron chi connectivity index (χ4n) is 1.93. The summed E-state index contributed by atoms with van der Waals surface area (Å²) in [6.07, 6.45) is 0.753. The van der Waals surface area contributed by atoms with Crippen LogP contribution in [0.3, 0.4) is 0 Å². The van der Waals surface area contributed by atoms with E-state index in [4.69, 9.17) is 4.74 Å². The predicted molar refractivity (Wildman–Crippen MR) is 66.4 cm³/mol. The van der Waals surface area contributed by atoms with Crippen molar-refractivity contribution in [1.29, 1.82) is 0 Å². The minimum atomic E-state index is -0.938. The Morgan fingerprint density at radius 2 is 2.06 bits per heavy atom. The SMILES string of the molecule is CCC[C@H]1OC(=O)[C@H](O)[C@H]1[Se]c1ccccc1. The summed E-state index contributed by atoms with van der Waals surface area (Å²) < 4.78 is 6.42. The summed E-state index contributed by atoms with van der Waals surface area (Å²) in [5.41, 5.74) is 0. The second-order valence-electron chi connectivity index (χ2n) is 4.10. The monoisotopic (exact) mass is 300 g/mol. The van der Waals surface area contributed by atoms with Gasteiger partial charge < -0.3 is 0 Å². The topological polar surface area (TPSA) is 46.5 Å². The number of cyclic esters (lactones) is 1. The number of carbonyl (C=O) groups excluding carboxylic acids is 1. The molecule has 92 valence electrons. The molecule has 1 aliphatic rings. The Hall–Kier alpha value is -0.831. The normalized spacial score (nSPS) is 28.1. The van der Waals surface area contributed by atoms with Gasteiger partial charge in [0.05, 0.1) is 0 Å². The number of ether oxygens (including phenoxy) is 1. The number of rotatable bonds is 4. The van der Waals surface area contributed by atoms with Gasteiger partial charge in [-0.15, -0.1) is 0 Å². The third-order valence-electron chi connectivity index (χ3n) is 2.78. The second kappa shape index (κ2) is 5.67. The van der Waals surface area contributed by atoms with Gasteiger partial charge in [0, 0.05) is 0 Å². The van der Waals surface area contributed by atoms with Gasteiger partial charge in [-0.2, -0.15) is 0 Å². The Kier molecular flexibility index (Phi) is 4.21. The van der Waals surface area contributed by atoms with E-state index in [9.17, 15) is 9.90 Å². The van der Waals surface area contributed by atoms with Crippen LogP contribution in [0.15, 0.2) is 30.3 Å². The number of aliphatic hydroxyl groups is 1. The molecular formula is C13H16O3Se. The summed E-state index contributed by atoms with van der Waals surface area (Å²) in [6, 6.07) is 10.0. The van der Waals surface area contributed by atoms with Gasteiger partial charge in [0.25, 0.3) is 0 Å². The predicted octanol–water partition coefficient (Wildman–Crippen LogP) is 0.891. The van der Waals surface area contributed by atoms with Crippen LogP contribution in [0.25, 0.3) is 0 Å². The van der Waals surface area contributed by atoms with E-state index in [2.05, 4.69) is 6.92 Å². The summed E-state index contributed by atoms with van der Waals surface area (Å²) >= 11 is 0.0761. The first kappa shape index (κ1) is 12.6. The molecule has 2 rings (SSSR count). The molecule has 1 fully saturated rings. The van der Waals surface area contributed by atoms with Crippen LogP contribution in [0.1, 0.15) is 19.8 Å². The van der Waals surface area contributed by atoms with Gasteiger partial charge in [0.15, 0.2) is 0 Å². The van der Waals surface area contributed by atoms with Gasteiger partial charge in [0.2, 0.25) is 0 Å². The van der Waals surface area contributed by atoms with Crippen molar-refractivity contribution in [2.75, 3.05) is 0 Å². The molecule has 1 aromatic rings. The summed E-state index contributed by atoms with van der Waals surface area (Å²) in [7, 11) is 0. The molecule has 0 unspecified atom stereocenters. The zero-order valence-electron chi connectivity index (χ0n) is 9.70. The Morgan fingerprint density at radius 1 is 1.35 bits per heavy atom. The van der Waals surface area contributed by atoms with Crippen molar-refractivity contribution in [3.63, 3.8) is 0 Å². The zero-order chi connectivity index (χ0) is 12.3.